The minimum atomic E-state index is -4.27. The molecule has 0 bridgehead atoms. The van der Waals surface area contributed by atoms with Crippen molar-refractivity contribution in [3.05, 3.63) is 133 Å². The van der Waals surface area contributed by atoms with E-state index in [0.717, 1.165) is 34.1 Å². The molecule has 252 valence electrons. The summed E-state index contributed by atoms with van der Waals surface area (Å²) in [5.41, 5.74) is 0. The van der Waals surface area contributed by atoms with Crippen LogP contribution in [0.3, 0.4) is 0 Å². The third kappa shape index (κ3) is 9.53. The van der Waals surface area contributed by atoms with E-state index in [4.69, 9.17) is 3.97 Å². The molecule has 0 aromatic heterocycles. The topological polar surface area (TPSA) is 43.4 Å². The van der Waals surface area contributed by atoms with Crippen LogP contribution < -0.4 is 21.2 Å². The first-order valence-corrected chi connectivity index (χ1v) is 21.5. The van der Waals surface area contributed by atoms with Crippen molar-refractivity contribution >= 4 is 38.2 Å². The Balaban J connectivity index is 1.47. The van der Waals surface area contributed by atoms with Gasteiger partial charge >= 0.3 is 235 Å². The summed E-state index contributed by atoms with van der Waals surface area (Å²) in [5.74, 6) is 0. The Bertz CT molecular complexity index is 1390. The average molecular weight is 671 g/mol. The Labute approximate surface area is 285 Å². The molecular formula is C42H55O3PS. The van der Waals surface area contributed by atoms with Gasteiger partial charge in [-0.2, -0.15) is 0 Å². The van der Waals surface area contributed by atoms with E-state index < -0.39 is 16.9 Å². The van der Waals surface area contributed by atoms with E-state index in [-0.39, 0.29) is 0 Å². The molecule has 0 atom stereocenters. The number of hydrogen-bond donors (Lipinski definition) is 0. The van der Waals surface area contributed by atoms with Gasteiger partial charge in [0.2, 0.25) is 0 Å². The van der Waals surface area contributed by atoms with Crippen molar-refractivity contribution in [1.82, 2.24) is 0 Å². The summed E-state index contributed by atoms with van der Waals surface area (Å²) in [6, 6.07) is 39.7. The van der Waals surface area contributed by atoms with Crippen molar-refractivity contribution in [2.75, 3.05) is 0 Å². The number of benzene rings is 4. The monoisotopic (exact) mass is 670 g/mol. The Morgan fingerprint density at radius 3 is 1.09 bits per heavy atom. The first kappa shape index (κ1) is 36.8. The molecule has 0 aliphatic heterocycles. The molecule has 5 heteroatoms. The van der Waals surface area contributed by atoms with Gasteiger partial charge in [-0.25, -0.2) is 0 Å². The van der Waals surface area contributed by atoms with Gasteiger partial charge in [0.25, 0.3) is 0 Å². The van der Waals surface area contributed by atoms with Crippen molar-refractivity contribution in [2.24, 2.45) is 0 Å². The molecule has 0 saturated carbocycles. The zero-order chi connectivity index (χ0) is 33.1. The number of rotatable bonds is 22. The summed E-state index contributed by atoms with van der Waals surface area (Å²) in [7, 11) is -4.13. The summed E-state index contributed by atoms with van der Waals surface area (Å²) in [6.07, 6.45) is 20.7. The van der Waals surface area contributed by atoms with E-state index in [1.807, 2.05) is 121 Å². The summed E-state index contributed by atoms with van der Waals surface area (Å²) < 4.78 is 35.3. The van der Waals surface area contributed by atoms with Crippen LogP contribution in [0.5, 0.6) is 0 Å². The summed E-state index contributed by atoms with van der Waals surface area (Å²) in [5, 5.41) is 4.66. The molecular weight excluding hydrogens is 616 g/mol. The molecule has 0 aliphatic carbocycles. The first-order valence-electron chi connectivity index (χ1n) is 17.9. The Morgan fingerprint density at radius 2 is 0.766 bits per heavy atom. The van der Waals surface area contributed by atoms with Crippen molar-refractivity contribution in [2.45, 2.75) is 103 Å². The molecule has 0 unspecified atom stereocenters. The van der Waals surface area contributed by atoms with Gasteiger partial charge in [0.15, 0.2) is 0 Å². The maximum absolute atomic E-state index is 14.2. The van der Waals surface area contributed by atoms with Crippen molar-refractivity contribution in [3.8, 4) is 0 Å². The van der Waals surface area contributed by atoms with Gasteiger partial charge < -0.3 is 0 Å². The first-order chi connectivity index (χ1) is 23.0. The van der Waals surface area contributed by atoms with Gasteiger partial charge in [0.1, 0.15) is 0 Å². The van der Waals surface area contributed by atoms with Crippen LogP contribution in [0.1, 0.15) is 103 Å². The van der Waals surface area contributed by atoms with Crippen LogP contribution in [0.25, 0.3) is 0 Å². The zero-order valence-electron chi connectivity index (χ0n) is 28.4. The normalized spacial score (nSPS) is 13.0. The number of unbranched alkanes of at least 4 members (excludes halogenated alkanes) is 14. The zero-order valence-corrected chi connectivity index (χ0v) is 30.1. The third-order valence-corrected chi connectivity index (χ3v) is 16.9. The molecule has 0 amide bonds. The van der Waals surface area contributed by atoms with E-state index in [1.165, 1.54) is 82.5 Å². The van der Waals surface area contributed by atoms with E-state index in [9.17, 15) is 8.42 Å². The molecule has 0 spiro atoms. The molecule has 3 nitrogen and oxygen atoms in total. The predicted octanol–water partition coefficient (Wildman–Crippen LogP) is 10.5. The molecule has 0 N–H and O–H groups in total. The number of allylic oxidation sites excluding steroid dienone is 1. The van der Waals surface area contributed by atoms with E-state index in [2.05, 4.69) is 6.92 Å². The van der Waals surface area contributed by atoms with Crippen LogP contribution >= 0.6 is 6.83 Å². The SMILES string of the molecule is CCCCCCCCCCCCCCCCC=CS(=O)(=O)OP(c1ccccc1)(c1ccccc1)(c1ccccc1)c1ccccc1. The van der Waals surface area contributed by atoms with Gasteiger partial charge in [-0.3, -0.25) is 0 Å². The van der Waals surface area contributed by atoms with Crippen LogP contribution in [-0.4, -0.2) is 8.42 Å². The average Bonchev–Trinajstić information content (AvgIpc) is 3.12. The van der Waals surface area contributed by atoms with E-state index in [0.29, 0.717) is 6.42 Å². The Morgan fingerprint density at radius 1 is 0.468 bits per heavy atom. The standard InChI is InChI=1S/C42H55O3PS/c1-2-3-4-5-6-7-8-9-10-11-12-13-14-15-16-29-38-47(43,44)45-46(39-30-21-17-22-31-39,40-32-23-18-24-33-40,41-34-25-19-26-35-41)42-36-27-20-28-37-42/h17-38H,2-16H2,1H3. The molecule has 0 aliphatic rings. The molecule has 0 heterocycles. The van der Waals surface area contributed by atoms with Gasteiger partial charge in [0, 0.05) is 0 Å². The van der Waals surface area contributed by atoms with Crippen molar-refractivity contribution < 1.29 is 12.4 Å². The van der Waals surface area contributed by atoms with E-state index >= 15 is 0 Å². The second kappa shape index (κ2) is 19.1. The molecule has 47 heavy (non-hydrogen) atoms. The van der Waals surface area contributed by atoms with Crippen LogP contribution in [0.4, 0.5) is 0 Å². The fourth-order valence-electron chi connectivity index (χ4n) is 6.79. The minimum absolute atomic E-state index is 0.712. The fourth-order valence-corrected chi connectivity index (χ4v) is 15.2. The van der Waals surface area contributed by atoms with Gasteiger partial charge in [-0.05, 0) is 0 Å². The van der Waals surface area contributed by atoms with E-state index in [1.54, 1.807) is 6.08 Å². The molecule has 0 radical (unpaired) electrons. The van der Waals surface area contributed by atoms with Crippen LogP contribution in [0, 0.1) is 0 Å². The third-order valence-electron chi connectivity index (χ3n) is 9.24. The van der Waals surface area contributed by atoms with Crippen molar-refractivity contribution in [3.63, 3.8) is 0 Å². The van der Waals surface area contributed by atoms with Crippen LogP contribution in [0.15, 0.2) is 133 Å². The van der Waals surface area contributed by atoms with Gasteiger partial charge in [-0.15, -0.1) is 0 Å². The van der Waals surface area contributed by atoms with Crippen LogP contribution in [-0.2, 0) is 14.1 Å². The molecule has 0 fully saturated rings. The van der Waals surface area contributed by atoms with Gasteiger partial charge in [0.05, 0.1) is 0 Å². The summed E-state index contributed by atoms with van der Waals surface area (Å²) in [4.78, 5) is 0. The molecule has 4 aromatic carbocycles. The maximum atomic E-state index is 14.2. The van der Waals surface area contributed by atoms with Crippen LogP contribution in [0.2, 0.25) is 0 Å². The van der Waals surface area contributed by atoms with Gasteiger partial charge in [-0.1, -0.05) is 51.9 Å². The summed E-state index contributed by atoms with van der Waals surface area (Å²) >= 11 is 0. The predicted molar refractivity (Wildman–Crippen MR) is 205 cm³/mol. The fraction of sp³-hybridized carbons (Fsp3) is 0.381. The molecule has 0 saturated heterocycles. The number of hydrogen-bond acceptors (Lipinski definition) is 3. The second-order valence-corrected chi connectivity index (χ2v) is 18.7. The molecule has 4 rings (SSSR count). The summed E-state index contributed by atoms with van der Waals surface area (Å²) in [6.45, 7) is -2.00. The second-order valence-electron chi connectivity index (χ2n) is 12.7. The Kier molecular flexibility index (Phi) is 14.9. The van der Waals surface area contributed by atoms with Crippen molar-refractivity contribution in [1.29, 1.82) is 0 Å². The Hall–Kier alpha value is -3.04. The quantitative estimate of drug-likeness (QED) is 0.0617. The molecule has 4 aromatic rings.